The van der Waals surface area contributed by atoms with Gasteiger partial charge in [-0.1, -0.05) is 6.92 Å². The Morgan fingerprint density at radius 1 is 1.43 bits per heavy atom. The number of aryl methyl sites for hydroxylation is 1. The molecule has 114 valence electrons. The average molecular weight is 323 g/mol. The van der Waals surface area contributed by atoms with Crippen molar-refractivity contribution in [3.05, 3.63) is 10.9 Å². The molecule has 2 aromatic heterocycles. The summed E-state index contributed by atoms with van der Waals surface area (Å²) in [7, 11) is 0. The first kappa shape index (κ1) is 15.1. The van der Waals surface area contributed by atoms with Gasteiger partial charge in [-0.2, -0.15) is 0 Å². The second-order valence-corrected chi connectivity index (χ2v) is 7.24. The predicted molar refractivity (Wildman–Crippen MR) is 90.7 cm³/mol. The van der Waals surface area contributed by atoms with Gasteiger partial charge < -0.3 is 10.1 Å². The summed E-state index contributed by atoms with van der Waals surface area (Å²) in [4.78, 5) is 11.8. The Kier molecular flexibility index (Phi) is 4.98. The van der Waals surface area contributed by atoms with Gasteiger partial charge in [-0.15, -0.1) is 23.1 Å². The Labute approximate surface area is 133 Å². The minimum atomic E-state index is 0.381. The average Bonchev–Trinajstić information content (AvgIpc) is 3.14. The van der Waals surface area contributed by atoms with Crippen LogP contribution in [0.25, 0.3) is 10.2 Å². The predicted octanol–water partition coefficient (Wildman–Crippen LogP) is 3.96. The van der Waals surface area contributed by atoms with Gasteiger partial charge in [-0.3, -0.25) is 0 Å². The third kappa shape index (κ3) is 3.49. The maximum atomic E-state index is 5.71. The number of anilines is 1. The molecule has 1 aliphatic rings. The van der Waals surface area contributed by atoms with E-state index in [1.54, 1.807) is 23.1 Å². The van der Waals surface area contributed by atoms with E-state index in [1.165, 1.54) is 23.1 Å². The van der Waals surface area contributed by atoms with Crippen molar-refractivity contribution in [2.75, 3.05) is 24.2 Å². The maximum Gasteiger partial charge on any atom is 0.225 e. The van der Waals surface area contributed by atoms with Crippen LogP contribution in [0.1, 0.15) is 31.6 Å². The second-order valence-electron chi connectivity index (χ2n) is 5.11. The van der Waals surface area contributed by atoms with Crippen LogP contribution in [-0.2, 0) is 11.2 Å². The van der Waals surface area contributed by atoms with Crippen molar-refractivity contribution < 1.29 is 4.74 Å². The molecule has 2 aromatic rings. The molecule has 6 heteroatoms. The molecule has 0 saturated carbocycles. The number of aromatic nitrogens is 2. The van der Waals surface area contributed by atoms with E-state index in [1.807, 2.05) is 0 Å². The molecular formula is C15H21N3OS2. The first-order valence-corrected chi connectivity index (χ1v) is 9.39. The van der Waals surface area contributed by atoms with Crippen molar-refractivity contribution in [1.29, 1.82) is 0 Å². The summed E-state index contributed by atoms with van der Waals surface area (Å²) in [6.45, 7) is 6.00. The monoisotopic (exact) mass is 323 g/mol. The van der Waals surface area contributed by atoms with Crippen molar-refractivity contribution in [2.24, 2.45) is 0 Å². The Hall–Kier alpha value is -0.850. The van der Waals surface area contributed by atoms with Crippen LogP contribution >= 0.6 is 23.1 Å². The Morgan fingerprint density at radius 3 is 3.05 bits per heavy atom. The van der Waals surface area contributed by atoms with Crippen LogP contribution in [0, 0.1) is 0 Å². The highest BCUT2D eigenvalue weighted by atomic mass is 32.2. The third-order valence-corrected chi connectivity index (χ3v) is 5.82. The number of thiophene rings is 1. The molecular weight excluding hydrogens is 302 g/mol. The van der Waals surface area contributed by atoms with Crippen LogP contribution < -0.4 is 5.32 Å². The molecule has 1 saturated heterocycles. The summed E-state index contributed by atoms with van der Waals surface area (Å²) in [6.07, 6.45) is 3.79. The van der Waals surface area contributed by atoms with Gasteiger partial charge in [0.1, 0.15) is 9.86 Å². The fourth-order valence-corrected chi connectivity index (χ4v) is 4.51. The summed E-state index contributed by atoms with van der Waals surface area (Å²) >= 11 is 3.58. The van der Waals surface area contributed by atoms with E-state index < -0.39 is 0 Å². The van der Waals surface area contributed by atoms with Gasteiger partial charge in [-0.25, -0.2) is 9.97 Å². The summed E-state index contributed by atoms with van der Waals surface area (Å²) < 4.78 is 5.71. The molecule has 1 aliphatic heterocycles. The second kappa shape index (κ2) is 6.94. The Bertz CT molecular complexity index is 608. The zero-order valence-corrected chi connectivity index (χ0v) is 14.1. The molecule has 4 nitrogen and oxygen atoms in total. The minimum Gasteiger partial charge on any atom is -0.377 e. The standard InChI is InChI=1S/C15H21N3OS2/c1-3-11-8-12-13(20-9-10-6-5-7-19-10)17-15(16-4-2)18-14(12)21-11/h8,10H,3-7,9H2,1-2H3,(H,16,17,18). The van der Waals surface area contributed by atoms with E-state index in [0.717, 1.165) is 41.1 Å². The van der Waals surface area contributed by atoms with Gasteiger partial charge in [-0.05, 0) is 32.3 Å². The molecule has 0 spiro atoms. The summed E-state index contributed by atoms with van der Waals surface area (Å²) in [5, 5.41) is 5.52. The van der Waals surface area contributed by atoms with Gasteiger partial charge >= 0.3 is 0 Å². The molecule has 0 bridgehead atoms. The van der Waals surface area contributed by atoms with Crippen molar-refractivity contribution in [1.82, 2.24) is 9.97 Å². The van der Waals surface area contributed by atoms with Crippen LogP contribution in [0.4, 0.5) is 5.95 Å². The third-order valence-electron chi connectivity index (χ3n) is 3.52. The van der Waals surface area contributed by atoms with Crippen molar-refractivity contribution in [3.63, 3.8) is 0 Å². The number of rotatable bonds is 6. The molecule has 3 heterocycles. The molecule has 1 N–H and O–H groups in total. The minimum absolute atomic E-state index is 0.381. The first-order chi connectivity index (χ1) is 10.3. The lowest BCUT2D eigenvalue weighted by Crippen LogP contribution is -2.08. The van der Waals surface area contributed by atoms with Gasteiger partial charge in [0, 0.05) is 29.2 Å². The zero-order chi connectivity index (χ0) is 14.7. The lowest BCUT2D eigenvalue weighted by Gasteiger charge is -2.10. The molecule has 1 atom stereocenters. The largest absolute Gasteiger partial charge is 0.377 e. The number of nitrogens with one attached hydrogen (secondary N) is 1. The fourth-order valence-electron chi connectivity index (χ4n) is 2.41. The van der Waals surface area contributed by atoms with E-state index in [2.05, 4.69) is 30.2 Å². The van der Waals surface area contributed by atoms with E-state index in [-0.39, 0.29) is 0 Å². The number of hydrogen-bond donors (Lipinski definition) is 1. The van der Waals surface area contributed by atoms with Gasteiger partial charge in [0.05, 0.1) is 6.10 Å². The van der Waals surface area contributed by atoms with E-state index in [9.17, 15) is 0 Å². The van der Waals surface area contributed by atoms with E-state index in [0.29, 0.717) is 6.10 Å². The molecule has 0 aromatic carbocycles. The number of hydrogen-bond acceptors (Lipinski definition) is 6. The molecule has 0 aliphatic carbocycles. The highest BCUT2D eigenvalue weighted by molar-refractivity contribution is 7.99. The Balaban J connectivity index is 1.87. The summed E-state index contributed by atoms with van der Waals surface area (Å²) in [6, 6.07) is 2.24. The van der Waals surface area contributed by atoms with Crippen LogP contribution in [0.2, 0.25) is 0 Å². The van der Waals surface area contributed by atoms with E-state index in [4.69, 9.17) is 9.72 Å². The molecule has 21 heavy (non-hydrogen) atoms. The summed E-state index contributed by atoms with van der Waals surface area (Å²) in [5.74, 6) is 1.72. The lowest BCUT2D eigenvalue weighted by atomic mass is 10.3. The lowest BCUT2D eigenvalue weighted by molar-refractivity contribution is 0.129. The SMILES string of the molecule is CCNc1nc(SCC2CCCO2)c2cc(CC)sc2n1. The van der Waals surface area contributed by atoms with Crippen molar-refractivity contribution in [3.8, 4) is 0 Å². The first-order valence-electron chi connectivity index (χ1n) is 7.59. The van der Waals surface area contributed by atoms with Crippen LogP contribution in [0.5, 0.6) is 0 Å². The Morgan fingerprint density at radius 2 is 2.33 bits per heavy atom. The number of nitrogens with zero attached hydrogens (tertiary/aromatic N) is 2. The molecule has 0 amide bonds. The van der Waals surface area contributed by atoms with Crippen LogP contribution in [0.15, 0.2) is 11.1 Å². The van der Waals surface area contributed by atoms with E-state index >= 15 is 0 Å². The van der Waals surface area contributed by atoms with Crippen molar-refractivity contribution >= 4 is 39.3 Å². The maximum absolute atomic E-state index is 5.71. The van der Waals surface area contributed by atoms with Crippen molar-refractivity contribution in [2.45, 2.75) is 44.2 Å². The number of thioether (sulfide) groups is 1. The molecule has 1 fully saturated rings. The highest BCUT2D eigenvalue weighted by Gasteiger charge is 2.18. The smallest absolute Gasteiger partial charge is 0.225 e. The number of ether oxygens (including phenoxy) is 1. The number of fused-ring (bicyclic) bond motifs is 1. The highest BCUT2D eigenvalue weighted by Crippen LogP contribution is 2.33. The zero-order valence-electron chi connectivity index (χ0n) is 12.5. The normalized spacial score (nSPS) is 18.5. The van der Waals surface area contributed by atoms with Gasteiger partial charge in [0.15, 0.2) is 0 Å². The molecule has 1 unspecified atom stereocenters. The topological polar surface area (TPSA) is 47.0 Å². The van der Waals surface area contributed by atoms with Gasteiger partial charge in [0.25, 0.3) is 0 Å². The fraction of sp³-hybridized carbons (Fsp3) is 0.600. The quantitative estimate of drug-likeness (QED) is 0.644. The summed E-state index contributed by atoms with van der Waals surface area (Å²) in [5.41, 5.74) is 0. The van der Waals surface area contributed by atoms with Crippen LogP contribution in [-0.4, -0.2) is 35.0 Å². The molecule has 3 rings (SSSR count). The van der Waals surface area contributed by atoms with Crippen LogP contribution in [0.3, 0.4) is 0 Å². The van der Waals surface area contributed by atoms with Gasteiger partial charge in [0.2, 0.25) is 5.95 Å². The molecule has 0 radical (unpaired) electrons.